The molecule has 9 nitrogen and oxygen atoms in total. The molecule has 11 heteroatoms. The number of ether oxygens (including phenoxy) is 1. The molecule has 156 valence electrons. The van der Waals surface area contributed by atoms with Crippen molar-refractivity contribution in [3.8, 4) is 0 Å². The predicted molar refractivity (Wildman–Crippen MR) is 103 cm³/mol. The quantitative estimate of drug-likeness (QED) is 0.369. The first-order valence-corrected chi connectivity index (χ1v) is 11.2. The number of carbonyl (C=O) groups excluding carboxylic acids is 3. The van der Waals surface area contributed by atoms with E-state index in [2.05, 4.69) is 0 Å². The van der Waals surface area contributed by atoms with Crippen LogP contribution in [0.1, 0.15) is 13.3 Å². The molecule has 0 radical (unpaired) electrons. The van der Waals surface area contributed by atoms with Gasteiger partial charge in [-0.2, -0.15) is 11.8 Å². The van der Waals surface area contributed by atoms with E-state index in [1.165, 1.54) is 25.7 Å². The van der Waals surface area contributed by atoms with Crippen molar-refractivity contribution in [3.63, 3.8) is 0 Å². The predicted octanol–water partition coefficient (Wildman–Crippen LogP) is -1.24. The number of esters is 1. The lowest BCUT2D eigenvalue weighted by molar-refractivity contribution is -0.202. The Kier molecular flexibility index (Phi) is 5.29. The lowest BCUT2D eigenvalue weighted by atomic mass is 9.81. The van der Waals surface area contributed by atoms with Gasteiger partial charge in [0.25, 0.3) is 11.8 Å². The van der Waals surface area contributed by atoms with Crippen LogP contribution in [0, 0.1) is 0 Å². The van der Waals surface area contributed by atoms with E-state index in [1.54, 1.807) is 24.7 Å². The molecule has 0 aromatic heterocycles. The van der Waals surface area contributed by atoms with Crippen LogP contribution in [-0.2, 0) is 19.1 Å². The maximum atomic E-state index is 13.5. The highest BCUT2D eigenvalue weighted by Crippen LogP contribution is 2.53. The van der Waals surface area contributed by atoms with Crippen LogP contribution in [0.25, 0.3) is 0 Å². The summed E-state index contributed by atoms with van der Waals surface area (Å²) in [6.07, 6.45) is 5.07. The molecule has 6 unspecified atom stereocenters. The maximum absolute atomic E-state index is 13.5. The van der Waals surface area contributed by atoms with Crippen molar-refractivity contribution < 1.29 is 34.4 Å². The summed E-state index contributed by atoms with van der Waals surface area (Å²) in [6, 6.07) is -1.17. The van der Waals surface area contributed by atoms with E-state index in [0.717, 1.165) is 21.6 Å². The van der Waals surface area contributed by atoms with Crippen LogP contribution in [0.3, 0.4) is 0 Å². The topological polar surface area (TPSA) is 128 Å². The van der Waals surface area contributed by atoms with Crippen molar-refractivity contribution in [2.24, 2.45) is 0 Å². The van der Waals surface area contributed by atoms with Gasteiger partial charge in [-0.15, -0.1) is 11.8 Å². The third-order valence-electron chi connectivity index (χ3n) is 5.85. The second-order valence-corrected chi connectivity index (χ2v) is 9.29. The van der Waals surface area contributed by atoms with Gasteiger partial charge >= 0.3 is 5.97 Å². The molecule has 1 aliphatic carbocycles. The lowest BCUT2D eigenvalue weighted by Crippen LogP contribution is -2.76. The van der Waals surface area contributed by atoms with Gasteiger partial charge in [0.05, 0.1) is 11.9 Å². The Morgan fingerprint density at radius 3 is 2.43 bits per heavy atom. The molecule has 0 aromatic carbocycles. The SMILES string of the molecule is CSC1C=CC(OC(C)=O)C2N3C(=O)C(CO)(SC)N(C)C(=O)C3(O)CC12O. The molecular formula is C17H24N2O7S2. The number of aliphatic hydroxyl groups is 3. The number of piperazine rings is 1. The van der Waals surface area contributed by atoms with Crippen molar-refractivity contribution >= 4 is 41.3 Å². The molecule has 2 saturated heterocycles. The standard InChI is InChI=1S/C17H24N2O7S2/c1-9(21)26-10-5-6-11(27-3)15(24)7-16(25)13(22)18(2)17(8-20,28-4)14(23)19(16)12(10)15/h5-6,10-12,20,24-25H,7-8H2,1-4H3. The maximum Gasteiger partial charge on any atom is 0.303 e. The van der Waals surface area contributed by atoms with Gasteiger partial charge in [0.2, 0.25) is 5.72 Å². The molecule has 3 aliphatic rings. The largest absolute Gasteiger partial charge is 0.456 e. The van der Waals surface area contributed by atoms with E-state index in [9.17, 15) is 29.7 Å². The van der Waals surface area contributed by atoms with Gasteiger partial charge in [-0.1, -0.05) is 6.08 Å². The smallest absolute Gasteiger partial charge is 0.303 e. The molecule has 2 fully saturated rings. The number of nitrogens with zero attached hydrogens (tertiary/aromatic N) is 2. The molecule has 0 saturated carbocycles. The van der Waals surface area contributed by atoms with Crippen LogP contribution >= 0.6 is 23.5 Å². The zero-order valence-electron chi connectivity index (χ0n) is 16.0. The Hall–Kier alpha value is -1.27. The first-order valence-electron chi connectivity index (χ1n) is 8.64. The number of likely N-dealkylation sites (N-methyl/N-ethyl adjacent to an activating group) is 1. The Bertz CT molecular complexity index is 743. The number of amides is 2. The number of carbonyl (C=O) groups is 3. The fourth-order valence-electron chi connectivity index (χ4n) is 4.50. The molecule has 0 bridgehead atoms. The summed E-state index contributed by atoms with van der Waals surface area (Å²) >= 11 is 2.26. The molecule has 2 heterocycles. The summed E-state index contributed by atoms with van der Waals surface area (Å²) in [5.41, 5.74) is -4.02. The summed E-state index contributed by atoms with van der Waals surface area (Å²) in [6.45, 7) is 0.526. The van der Waals surface area contributed by atoms with Crippen LogP contribution in [0.2, 0.25) is 0 Å². The molecular weight excluding hydrogens is 408 g/mol. The van der Waals surface area contributed by atoms with Gasteiger partial charge in [-0.05, 0) is 18.6 Å². The van der Waals surface area contributed by atoms with Gasteiger partial charge in [-0.25, -0.2) is 0 Å². The van der Waals surface area contributed by atoms with Gasteiger partial charge in [-0.3, -0.25) is 19.3 Å². The molecule has 2 amide bonds. The van der Waals surface area contributed by atoms with E-state index >= 15 is 0 Å². The van der Waals surface area contributed by atoms with Crippen LogP contribution in [0.15, 0.2) is 12.2 Å². The second kappa shape index (κ2) is 6.91. The molecule has 0 spiro atoms. The summed E-state index contributed by atoms with van der Waals surface area (Å²) in [4.78, 5) is 38.5. The highest BCUT2D eigenvalue weighted by atomic mass is 32.2. The molecule has 0 aromatic rings. The Balaban J connectivity index is 2.20. The van der Waals surface area contributed by atoms with Crippen LogP contribution in [0.4, 0.5) is 0 Å². The van der Waals surface area contributed by atoms with Crippen LogP contribution < -0.4 is 0 Å². The number of aliphatic hydroxyl groups excluding tert-OH is 1. The van der Waals surface area contributed by atoms with Gasteiger partial charge in [0, 0.05) is 20.4 Å². The fourth-order valence-corrected chi connectivity index (χ4v) is 6.14. The summed E-state index contributed by atoms with van der Waals surface area (Å²) in [5.74, 6) is -2.15. The first kappa shape index (κ1) is 21.4. The Morgan fingerprint density at radius 1 is 1.29 bits per heavy atom. The van der Waals surface area contributed by atoms with Crippen molar-refractivity contribution in [2.75, 3.05) is 26.2 Å². The molecule has 3 N–H and O–H groups in total. The molecule has 3 rings (SSSR count). The monoisotopic (exact) mass is 432 g/mol. The van der Waals surface area contributed by atoms with E-state index in [1.807, 2.05) is 0 Å². The average molecular weight is 433 g/mol. The first-order chi connectivity index (χ1) is 13.0. The van der Waals surface area contributed by atoms with E-state index < -0.39 is 64.4 Å². The number of fused-ring (bicyclic) bond motifs is 3. The molecule has 2 aliphatic heterocycles. The highest BCUT2D eigenvalue weighted by molar-refractivity contribution is 8.00. The summed E-state index contributed by atoms with van der Waals surface area (Å²) in [7, 11) is 1.34. The normalized spacial score (nSPS) is 42.5. The van der Waals surface area contributed by atoms with E-state index in [0.29, 0.717) is 0 Å². The number of rotatable bonds is 4. The second-order valence-electron chi connectivity index (χ2n) is 7.23. The number of thioether (sulfide) groups is 2. The fraction of sp³-hybridized carbons (Fsp3) is 0.706. The average Bonchev–Trinajstić information content (AvgIpc) is 2.90. The summed E-state index contributed by atoms with van der Waals surface area (Å²) in [5, 5.41) is 32.2. The third-order valence-corrected chi connectivity index (χ3v) is 8.17. The Morgan fingerprint density at radius 2 is 1.93 bits per heavy atom. The molecule has 6 atom stereocenters. The van der Waals surface area contributed by atoms with Crippen molar-refractivity contribution in [2.45, 2.75) is 46.9 Å². The number of hydrogen-bond acceptors (Lipinski definition) is 9. The number of hydrogen-bond donors (Lipinski definition) is 3. The molecule has 28 heavy (non-hydrogen) atoms. The van der Waals surface area contributed by atoms with Crippen molar-refractivity contribution in [1.29, 1.82) is 0 Å². The Labute approximate surface area is 171 Å². The van der Waals surface area contributed by atoms with Gasteiger partial charge in [0.15, 0.2) is 4.87 Å². The van der Waals surface area contributed by atoms with Crippen LogP contribution in [-0.4, -0.2) is 103 Å². The summed E-state index contributed by atoms with van der Waals surface area (Å²) < 4.78 is 5.31. The zero-order valence-corrected chi connectivity index (χ0v) is 17.6. The zero-order chi connectivity index (χ0) is 21.1. The third kappa shape index (κ3) is 2.56. The minimum Gasteiger partial charge on any atom is -0.456 e. The van der Waals surface area contributed by atoms with Crippen LogP contribution in [0.5, 0.6) is 0 Å². The van der Waals surface area contributed by atoms with Gasteiger partial charge in [0.1, 0.15) is 17.7 Å². The minimum atomic E-state index is -2.31. The highest BCUT2D eigenvalue weighted by Gasteiger charge is 2.74. The van der Waals surface area contributed by atoms with Gasteiger partial charge < -0.3 is 25.0 Å². The van der Waals surface area contributed by atoms with E-state index in [-0.39, 0.29) is 0 Å². The van der Waals surface area contributed by atoms with E-state index in [4.69, 9.17) is 4.74 Å². The van der Waals surface area contributed by atoms with Crippen molar-refractivity contribution in [1.82, 2.24) is 9.80 Å². The minimum absolute atomic E-state index is 0.427. The lowest BCUT2D eigenvalue weighted by Gasteiger charge is -2.52. The van der Waals surface area contributed by atoms with Crippen molar-refractivity contribution in [3.05, 3.63) is 12.2 Å².